The lowest BCUT2D eigenvalue weighted by atomic mass is 10.0. The maximum absolute atomic E-state index is 14.1. The lowest BCUT2D eigenvalue weighted by Crippen LogP contribution is -2.42. The Morgan fingerprint density at radius 3 is 2.08 bits per heavy atom. The first-order valence-corrected chi connectivity index (χ1v) is 12.6. The minimum Gasteiger partial charge on any atom is -0.281 e. The quantitative estimate of drug-likeness (QED) is 0.397. The van der Waals surface area contributed by atoms with E-state index in [0.29, 0.717) is 47.0 Å². The normalized spacial score (nSPS) is 18.2. The maximum Gasteiger partial charge on any atom is 0.516 e. The van der Waals surface area contributed by atoms with E-state index in [2.05, 4.69) is 15.2 Å². The van der Waals surface area contributed by atoms with Gasteiger partial charge in [0.1, 0.15) is 11.6 Å². The number of hydrogen-bond acceptors (Lipinski definition) is 5. The second kappa shape index (κ2) is 8.91. The van der Waals surface area contributed by atoms with Crippen molar-refractivity contribution in [2.45, 2.75) is 43.3 Å². The Kier molecular flexibility index (Phi) is 6.01. The number of rotatable bonds is 6. The minimum absolute atomic E-state index is 0.111. The summed E-state index contributed by atoms with van der Waals surface area (Å²) < 4.78 is 91.8. The van der Waals surface area contributed by atoms with Crippen molar-refractivity contribution in [1.82, 2.24) is 10.2 Å². The van der Waals surface area contributed by atoms with Gasteiger partial charge in [-0.05, 0) is 55.5 Å². The van der Waals surface area contributed by atoms with Gasteiger partial charge in [0, 0.05) is 17.3 Å². The van der Waals surface area contributed by atoms with Crippen molar-refractivity contribution in [3.05, 3.63) is 77.4 Å². The predicted molar refractivity (Wildman–Crippen MR) is 123 cm³/mol. The molecule has 0 spiro atoms. The van der Waals surface area contributed by atoms with Crippen LogP contribution in [-0.4, -0.2) is 35.9 Å². The van der Waals surface area contributed by atoms with Crippen LogP contribution in [0.15, 0.2) is 59.6 Å². The van der Waals surface area contributed by atoms with Crippen LogP contribution >= 0.6 is 0 Å². The highest BCUT2D eigenvalue weighted by molar-refractivity contribution is 7.93. The third kappa shape index (κ3) is 4.45. The van der Waals surface area contributed by atoms with E-state index in [9.17, 15) is 30.4 Å². The molecule has 2 aromatic carbocycles. The van der Waals surface area contributed by atoms with E-state index in [1.54, 1.807) is 24.3 Å². The van der Waals surface area contributed by atoms with Crippen LogP contribution in [0.25, 0.3) is 11.3 Å². The molecule has 2 heterocycles. The Morgan fingerprint density at radius 1 is 0.861 bits per heavy atom. The Labute approximate surface area is 203 Å². The fraction of sp³-hybridized carbons (Fsp3) is 0.292. The molecule has 0 saturated heterocycles. The first kappa shape index (κ1) is 24.3. The molecule has 0 bridgehead atoms. The zero-order valence-electron chi connectivity index (χ0n) is 18.6. The first-order chi connectivity index (χ1) is 17.1. The standard InChI is InChI=1S/C24H19F5N4O2S/c25-17-2-1-3-18(26)23(17)21-11-10-19(30-21)14-4-6-15(7-5-14)20-12-13-22(32-31-20)33(16-8-9-16)36(34,35)24(27,28)29/h1-7,12-13,16,19H,8-11H2. The van der Waals surface area contributed by atoms with Crippen molar-refractivity contribution in [2.75, 3.05) is 4.31 Å². The monoisotopic (exact) mass is 522 g/mol. The van der Waals surface area contributed by atoms with Crippen molar-refractivity contribution in [3.8, 4) is 11.3 Å². The number of hydrogen-bond donors (Lipinski definition) is 0. The summed E-state index contributed by atoms with van der Waals surface area (Å²) >= 11 is 0. The minimum atomic E-state index is -5.58. The molecule has 1 atom stereocenters. The van der Waals surface area contributed by atoms with Gasteiger partial charge in [-0.3, -0.25) is 4.99 Å². The number of aromatic nitrogens is 2. The van der Waals surface area contributed by atoms with Gasteiger partial charge in [0.15, 0.2) is 5.82 Å². The second-order valence-corrected chi connectivity index (χ2v) is 10.4. The Balaban J connectivity index is 1.35. The highest BCUT2D eigenvalue weighted by atomic mass is 32.2. The van der Waals surface area contributed by atoms with E-state index < -0.39 is 33.2 Å². The number of nitrogens with zero attached hydrogens (tertiary/aromatic N) is 4. The van der Waals surface area contributed by atoms with Crippen LogP contribution in [0.4, 0.5) is 27.8 Å². The molecule has 1 aliphatic carbocycles. The highest BCUT2D eigenvalue weighted by Gasteiger charge is 2.54. The molecule has 0 radical (unpaired) electrons. The molecule has 12 heteroatoms. The lowest BCUT2D eigenvalue weighted by molar-refractivity contribution is -0.0439. The van der Waals surface area contributed by atoms with Crippen molar-refractivity contribution >= 4 is 21.6 Å². The molecular weight excluding hydrogens is 503 g/mol. The van der Waals surface area contributed by atoms with Crippen molar-refractivity contribution in [1.29, 1.82) is 0 Å². The van der Waals surface area contributed by atoms with Gasteiger partial charge >= 0.3 is 15.5 Å². The molecule has 188 valence electrons. The van der Waals surface area contributed by atoms with Gasteiger partial charge in [-0.15, -0.1) is 10.2 Å². The van der Waals surface area contributed by atoms with E-state index >= 15 is 0 Å². The fourth-order valence-electron chi connectivity index (χ4n) is 4.19. The fourth-order valence-corrected chi connectivity index (χ4v) is 5.36. The van der Waals surface area contributed by atoms with Gasteiger partial charge in [0.05, 0.1) is 17.3 Å². The molecule has 0 amide bonds. The molecule has 1 fully saturated rings. The summed E-state index contributed by atoms with van der Waals surface area (Å²) in [5.41, 5.74) is -3.40. The number of benzene rings is 2. The number of sulfonamides is 1. The average Bonchev–Trinajstić information content (AvgIpc) is 3.54. The molecule has 2 aliphatic rings. The summed E-state index contributed by atoms with van der Waals surface area (Å²) in [6, 6.07) is 12.2. The van der Waals surface area contributed by atoms with Gasteiger partial charge in [-0.2, -0.15) is 21.6 Å². The SMILES string of the molecule is O=S(=O)(N(c1ccc(-c2ccc(C3CCC(c4c(F)cccc4F)=N3)cc2)nn1)C1CC1)C(F)(F)F. The molecule has 1 aromatic heterocycles. The number of alkyl halides is 3. The van der Waals surface area contributed by atoms with Crippen LogP contribution in [0, 0.1) is 11.6 Å². The van der Waals surface area contributed by atoms with E-state index in [1.165, 1.54) is 30.3 Å². The molecule has 1 saturated carbocycles. The third-order valence-corrected chi connectivity index (χ3v) is 7.70. The topological polar surface area (TPSA) is 75.5 Å². The van der Waals surface area contributed by atoms with Crippen LogP contribution in [-0.2, 0) is 10.0 Å². The third-order valence-electron chi connectivity index (χ3n) is 6.12. The predicted octanol–water partition coefficient (Wildman–Crippen LogP) is 5.56. The van der Waals surface area contributed by atoms with Gasteiger partial charge in [-0.25, -0.2) is 13.1 Å². The highest BCUT2D eigenvalue weighted by Crippen LogP contribution is 2.39. The lowest BCUT2D eigenvalue weighted by Gasteiger charge is -2.23. The summed E-state index contributed by atoms with van der Waals surface area (Å²) in [6.45, 7) is 0. The number of anilines is 1. The zero-order chi connectivity index (χ0) is 25.7. The average molecular weight is 522 g/mol. The molecule has 6 nitrogen and oxygen atoms in total. The summed E-state index contributed by atoms with van der Waals surface area (Å²) in [5.74, 6) is -1.70. The van der Waals surface area contributed by atoms with Gasteiger partial charge < -0.3 is 0 Å². The molecule has 1 unspecified atom stereocenters. The second-order valence-electron chi connectivity index (χ2n) is 8.60. The van der Waals surface area contributed by atoms with Crippen LogP contribution < -0.4 is 4.31 Å². The largest absolute Gasteiger partial charge is 0.516 e. The van der Waals surface area contributed by atoms with Crippen LogP contribution in [0.5, 0.6) is 0 Å². The van der Waals surface area contributed by atoms with Crippen LogP contribution in [0.2, 0.25) is 0 Å². The molecule has 36 heavy (non-hydrogen) atoms. The van der Waals surface area contributed by atoms with Crippen molar-refractivity contribution in [2.24, 2.45) is 4.99 Å². The number of aliphatic imine (C=N–C) groups is 1. The molecule has 0 N–H and O–H groups in total. The molecular formula is C24H19F5N4O2S. The van der Waals surface area contributed by atoms with Gasteiger partial charge in [0.25, 0.3) is 0 Å². The van der Waals surface area contributed by atoms with Crippen LogP contribution in [0.3, 0.4) is 0 Å². The van der Waals surface area contributed by atoms with E-state index in [0.717, 1.165) is 5.56 Å². The first-order valence-electron chi connectivity index (χ1n) is 11.1. The molecule has 1 aliphatic heterocycles. The van der Waals surface area contributed by atoms with Gasteiger partial charge in [-0.1, -0.05) is 30.3 Å². The summed E-state index contributed by atoms with van der Waals surface area (Å²) in [4.78, 5) is 4.50. The van der Waals surface area contributed by atoms with Crippen LogP contribution in [0.1, 0.15) is 42.9 Å². The smallest absolute Gasteiger partial charge is 0.281 e. The van der Waals surface area contributed by atoms with Crippen molar-refractivity contribution < 1.29 is 30.4 Å². The van der Waals surface area contributed by atoms with E-state index in [4.69, 9.17) is 0 Å². The molecule has 3 aromatic rings. The van der Waals surface area contributed by atoms with Crippen molar-refractivity contribution in [3.63, 3.8) is 0 Å². The van der Waals surface area contributed by atoms with E-state index in [1.807, 2.05) is 0 Å². The Hall–Kier alpha value is -3.41. The zero-order valence-corrected chi connectivity index (χ0v) is 19.4. The summed E-state index contributed by atoms with van der Waals surface area (Å²) in [7, 11) is -5.58. The number of halogens is 5. The Morgan fingerprint density at radius 2 is 1.53 bits per heavy atom. The maximum atomic E-state index is 14.1. The van der Waals surface area contributed by atoms with E-state index in [-0.39, 0.29) is 17.4 Å². The van der Waals surface area contributed by atoms with Gasteiger partial charge in [0.2, 0.25) is 0 Å². The summed E-state index contributed by atoms with van der Waals surface area (Å²) in [6.07, 6.45) is 1.64. The Bertz CT molecular complexity index is 1400. The molecule has 5 rings (SSSR count). The summed E-state index contributed by atoms with van der Waals surface area (Å²) in [5, 5.41) is 7.70.